The van der Waals surface area contributed by atoms with E-state index in [1.165, 1.54) is 6.07 Å². The van der Waals surface area contributed by atoms with Crippen LogP contribution in [-0.2, 0) is 11.2 Å². The van der Waals surface area contributed by atoms with Crippen molar-refractivity contribution >= 4 is 0 Å². The molecule has 1 unspecified atom stereocenters. The van der Waals surface area contributed by atoms with E-state index in [0.29, 0.717) is 13.0 Å². The average Bonchev–Trinajstić information content (AvgIpc) is 2.24. The minimum atomic E-state index is -0.323. The number of nitrogens with two attached hydrogens (primary N) is 1. The Kier molecular flexibility index (Phi) is 3.26. The van der Waals surface area contributed by atoms with E-state index in [4.69, 9.17) is 10.5 Å². The van der Waals surface area contributed by atoms with Crippen molar-refractivity contribution in [3.63, 3.8) is 0 Å². The Bertz CT molecular complexity index is 372. The molecule has 0 bridgehead atoms. The maximum absolute atomic E-state index is 13.2. The van der Waals surface area contributed by atoms with Crippen LogP contribution >= 0.6 is 0 Å². The summed E-state index contributed by atoms with van der Waals surface area (Å²) in [6.45, 7) is 3.35. The minimum absolute atomic E-state index is 0.194. The zero-order valence-corrected chi connectivity index (χ0v) is 9.63. The normalized spacial score (nSPS) is 25.7. The van der Waals surface area contributed by atoms with Gasteiger partial charge in [-0.1, -0.05) is 6.07 Å². The van der Waals surface area contributed by atoms with E-state index in [2.05, 4.69) is 0 Å². The van der Waals surface area contributed by atoms with Crippen LogP contribution in [0.15, 0.2) is 18.2 Å². The summed E-state index contributed by atoms with van der Waals surface area (Å²) < 4.78 is 18.6. The SMILES string of the molecule is Cc1ccc(F)cc1CC1(N)CCCOC1. The summed E-state index contributed by atoms with van der Waals surface area (Å²) in [5.41, 5.74) is 8.03. The molecule has 1 atom stereocenters. The molecule has 16 heavy (non-hydrogen) atoms. The van der Waals surface area contributed by atoms with Crippen molar-refractivity contribution in [1.29, 1.82) is 0 Å². The number of halogens is 1. The highest BCUT2D eigenvalue weighted by Gasteiger charge is 2.29. The van der Waals surface area contributed by atoms with Crippen molar-refractivity contribution in [3.05, 3.63) is 35.1 Å². The fourth-order valence-corrected chi connectivity index (χ4v) is 2.22. The smallest absolute Gasteiger partial charge is 0.123 e. The van der Waals surface area contributed by atoms with Gasteiger partial charge in [-0.2, -0.15) is 0 Å². The van der Waals surface area contributed by atoms with Gasteiger partial charge in [0.2, 0.25) is 0 Å². The van der Waals surface area contributed by atoms with Gasteiger partial charge in [-0.25, -0.2) is 4.39 Å². The topological polar surface area (TPSA) is 35.2 Å². The molecule has 0 radical (unpaired) electrons. The van der Waals surface area contributed by atoms with Crippen LogP contribution in [0.5, 0.6) is 0 Å². The maximum Gasteiger partial charge on any atom is 0.123 e. The van der Waals surface area contributed by atoms with Crippen LogP contribution in [-0.4, -0.2) is 18.8 Å². The third-order valence-corrected chi connectivity index (χ3v) is 3.21. The van der Waals surface area contributed by atoms with Crippen LogP contribution in [0.2, 0.25) is 0 Å². The number of ether oxygens (including phenoxy) is 1. The fraction of sp³-hybridized carbons (Fsp3) is 0.538. The molecule has 3 heteroatoms. The Balaban J connectivity index is 2.15. The highest BCUT2D eigenvalue weighted by Crippen LogP contribution is 2.23. The van der Waals surface area contributed by atoms with Crippen LogP contribution in [0.3, 0.4) is 0 Å². The zero-order chi connectivity index (χ0) is 11.6. The Morgan fingerprint density at radius 3 is 3.00 bits per heavy atom. The fourth-order valence-electron chi connectivity index (χ4n) is 2.22. The molecule has 1 heterocycles. The van der Waals surface area contributed by atoms with Crippen molar-refractivity contribution in [2.45, 2.75) is 31.7 Å². The first-order valence-electron chi connectivity index (χ1n) is 5.71. The molecule has 2 rings (SSSR count). The van der Waals surface area contributed by atoms with E-state index < -0.39 is 0 Å². The molecule has 0 spiro atoms. The first-order valence-corrected chi connectivity index (χ1v) is 5.71. The highest BCUT2D eigenvalue weighted by atomic mass is 19.1. The van der Waals surface area contributed by atoms with E-state index in [1.807, 2.05) is 6.92 Å². The molecule has 88 valence electrons. The molecular weight excluding hydrogens is 205 g/mol. The molecule has 2 nitrogen and oxygen atoms in total. The van der Waals surface area contributed by atoms with Crippen LogP contribution in [0.4, 0.5) is 4.39 Å². The second-order valence-corrected chi connectivity index (χ2v) is 4.77. The van der Waals surface area contributed by atoms with E-state index in [1.54, 1.807) is 12.1 Å². The monoisotopic (exact) mass is 223 g/mol. The summed E-state index contributed by atoms with van der Waals surface area (Å²) in [6.07, 6.45) is 2.63. The summed E-state index contributed by atoms with van der Waals surface area (Å²) in [4.78, 5) is 0. The van der Waals surface area contributed by atoms with Gasteiger partial charge in [0, 0.05) is 12.1 Å². The van der Waals surface area contributed by atoms with Crippen molar-refractivity contribution in [2.24, 2.45) is 5.73 Å². The van der Waals surface area contributed by atoms with Gasteiger partial charge in [0.05, 0.1) is 6.61 Å². The Hall–Kier alpha value is -0.930. The van der Waals surface area contributed by atoms with Gasteiger partial charge in [0.1, 0.15) is 5.82 Å². The summed E-state index contributed by atoms with van der Waals surface area (Å²) in [5, 5.41) is 0. The molecule has 2 N–H and O–H groups in total. The highest BCUT2D eigenvalue weighted by molar-refractivity contribution is 5.28. The predicted octanol–water partition coefficient (Wildman–Crippen LogP) is 2.18. The summed E-state index contributed by atoms with van der Waals surface area (Å²) in [6, 6.07) is 4.87. The second-order valence-electron chi connectivity index (χ2n) is 4.77. The van der Waals surface area contributed by atoms with Crippen LogP contribution < -0.4 is 5.73 Å². The van der Waals surface area contributed by atoms with Crippen LogP contribution in [0, 0.1) is 12.7 Å². The number of hydrogen-bond donors (Lipinski definition) is 1. The molecule has 1 saturated heterocycles. The lowest BCUT2D eigenvalue weighted by Gasteiger charge is -2.33. The lowest BCUT2D eigenvalue weighted by atomic mass is 9.85. The molecular formula is C13H18FNO. The van der Waals surface area contributed by atoms with Gasteiger partial charge < -0.3 is 10.5 Å². The first kappa shape index (κ1) is 11.6. The Morgan fingerprint density at radius 2 is 2.31 bits per heavy atom. The molecule has 0 amide bonds. The third kappa shape index (κ3) is 2.60. The predicted molar refractivity (Wildman–Crippen MR) is 61.8 cm³/mol. The van der Waals surface area contributed by atoms with Crippen LogP contribution in [0.25, 0.3) is 0 Å². The Morgan fingerprint density at radius 1 is 1.50 bits per heavy atom. The number of aryl methyl sites for hydroxylation is 1. The van der Waals surface area contributed by atoms with Crippen LogP contribution in [0.1, 0.15) is 24.0 Å². The lowest BCUT2D eigenvalue weighted by Crippen LogP contribution is -2.49. The zero-order valence-electron chi connectivity index (χ0n) is 9.63. The van der Waals surface area contributed by atoms with E-state index in [-0.39, 0.29) is 11.4 Å². The van der Waals surface area contributed by atoms with Gasteiger partial charge in [-0.3, -0.25) is 0 Å². The van der Waals surface area contributed by atoms with Crippen molar-refractivity contribution in [2.75, 3.05) is 13.2 Å². The van der Waals surface area contributed by atoms with Gasteiger partial charge in [-0.05, 0) is 49.4 Å². The second kappa shape index (κ2) is 4.52. The molecule has 0 aliphatic carbocycles. The standard InChI is InChI=1S/C13H18FNO/c1-10-3-4-12(14)7-11(10)8-13(15)5-2-6-16-9-13/h3-4,7H,2,5-6,8-9,15H2,1H3. The Labute approximate surface area is 95.6 Å². The molecule has 1 fully saturated rings. The maximum atomic E-state index is 13.2. The van der Waals surface area contributed by atoms with Gasteiger partial charge >= 0.3 is 0 Å². The van der Waals surface area contributed by atoms with Crippen molar-refractivity contribution < 1.29 is 9.13 Å². The molecule has 0 saturated carbocycles. The van der Waals surface area contributed by atoms with Gasteiger partial charge in [0.15, 0.2) is 0 Å². The van der Waals surface area contributed by atoms with Crippen molar-refractivity contribution in [3.8, 4) is 0 Å². The first-order chi connectivity index (χ1) is 7.59. The molecule has 1 aliphatic heterocycles. The molecule has 1 aromatic rings. The number of hydrogen-bond acceptors (Lipinski definition) is 2. The molecule has 0 aromatic heterocycles. The minimum Gasteiger partial charge on any atom is -0.380 e. The number of benzene rings is 1. The van der Waals surface area contributed by atoms with Gasteiger partial charge in [0.25, 0.3) is 0 Å². The van der Waals surface area contributed by atoms with E-state index in [0.717, 1.165) is 30.6 Å². The summed E-state index contributed by atoms with van der Waals surface area (Å²) in [5.74, 6) is -0.194. The average molecular weight is 223 g/mol. The van der Waals surface area contributed by atoms with E-state index >= 15 is 0 Å². The summed E-state index contributed by atoms with van der Waals surface area (Å²) in [7, 11) is 0. The molecule has 1 aromatic carbocycles. The van der Waals surface area contributed by atoms with Gasteiger partial charge in [-0.15, -0.1) is 0 Å². The largest absolute Gasteiger partial charge is 0.380 e. The van der Waals surface area contributed by atoms with E-state index in [9.17, 15) is 4.39 Å². The molecule has 1 aliphatic rings. The quantitative estimate of drug-likeness (QED) is 0.834. The third-order valence-electron chi connectivity index (χ3n) is 3.21. The lowest BCUT2D eigenvalue weighted by molar-refractivity contribution is 0.0381. The number of rotatable bonds is 2. The van der Waals surface area contributed by atoms with Crippen molar-refractivity contribution in [1.82, 2.24) is 0 Å². The summed E-state index contributed by atoms with van der Waals surface area (Å²) >= 11 is 0.